The van der Waals surface area contributed by atoms with E-state index in [4.69, 9.17) is 16.0 Å². The lowest BCUT2D eigenvalue weighted by Gasteiger charge is -1.99. The highest BCUT2D eigenvalue weighted by Crippen LogP contribution is 2.32. The molecule has 4 heteroatoms. The molecule has 0 fully saturated rings. The summed E-state index contributed by atoms with van der Waals surface area (Å²) in [5, 5.41) is 10.3. The average Bonchev–Trinajstić information content (AvgIpc) is 2.71. The molecule has 0 atom stereocenters. The van der Waals surface area contributed by atoms with Crippen LogP contribution in [0.1, 0.15) is 5.56 Å². The third-order valence-electron chi connectivity index (χ3n) is 2.73. The number of oxazole rings is 1. The van der Waals surface area contributed by atoms with Crippen molar-refractivity contribution in [2.24, 2.45) is 0 Å². The first-order chi connectivity index (χ1) is 8.63. The number of nitrogens with zero attached hydrogens (tertiary/aromatic N) is 1. The molecular weight excluding hydrogens is 250 g/mol. The van der Waals surface area contributed by atoms with E-state index < -0.39 is 0 Å². The first-order valence-corrected chi connectivity index (χ1v) is 5.87. The van der Waals surface area contributed by atoms with E-state index in [0.717, 1.165) is 11.1 Å². The lowest BCUT2D eigenvalue weighted by molar-refractivity contribution is 0.474. The lowest BCUT2D eigenvalue weighted by Crippen LogP contribution is -1.78. The summed E-state index contributed by atoms with van der Waals surface area (Å²) in [6.45, 7) is 1.99. The van der Waals surface area contributed by atoms with Crippen molar-refractivity contribution >= 4 is 22.7 Å². The number of aromatic nitrogens is 1. The monoisotopic (exact) mass is 259 g/mol. The quantitative estimate of drug-likeness (QED) is 0.714. The van der Waals surface area contributed by atoms with Gasteiger partial charge in [0.25, 0.3) is 0 Å². The molecule has 2 aromatic carbocycles. The van der Waals surface area contributed by atoms with E-state index in [2.05, 4.69) is 4.98 Å². The normalized spacial score (nSPS) is 11.0. The SMILES string of the molecule is Cc1ccc2oc(-c3ccc(Cl)cc3O)nc2c1. The van der Waals surface area contributed by atoms with E-state index in [9.17, 15) is 5.11 Å². The van der Waals surface area contributed by atoms with Crippen molar-refractivity contribution in [1.82, 2.24) is 4.98 Å². The van der Waals surface area contributed by atoms with Gasteiger partial charge in [-0.1, -0.05) is 17.7 Å². The van der Waals surface area contributed by atoms with Gasteiger partial charge in [-0.25, -0.2) is 4.98 Å². The summed E-state index contributed by atoms with van der Waals surface area (Å²) < 4.78 is 5.62. The zero-order valence-electron chi connectivity index (χ0n) is 9.64. The molecule has 90 valence electrons. The van der Waals surface area contributed by atoms with Crippen molar-refractivity contribution in [2.45, 2.75) is 6.92 Å². The summed E-state index contributed by atoms with van der Waals surface area (Å²) in [6, 6.07) is 10.6. The number of hydrogen-bond donors (Lipinski definition) is 1. The van der Waals surface area contributed by atoms with E-state index in [1.54, 1.807) is 12.1 Å². The van der Waals surface area contributed by atoms with Gasteiger partial charge in [-0.05, 0) is 42.8 Å². The number of phenols is 1. The molecule has 1 N–H and O–H groups in total. The molecule has 3 aromatic rings. The van der Waals surface area contributed by atoms with Crippen molar-refractivity contribution in [3.05, 3.63) is 47.0 Å². The van der Waals surface area contributed by atoms with E-state index in [1.165, 1.54) is 6.07 Å². The van der Waals surface area contributed by atoms with E-state index >= 15 is 0 Å². The number of rotatable bonds is 1. The molecule has 0 amide bonds. The van der Waals surface area contributed by atoms with Crippen molar-refractivity contribution in [3.63, 3.8) is 0 Å². The second-order valence-electron chi connectivity index (χ2n) is 4.15. The van der Waals surface area contributed by atoms with Gasteiger partial charge in [-0.2, -0.15) is 0 Å². The van der Waals surface area contributed by atoms with E-state index in [1.807, 2.05) is 25.1 Å². The van der Waals surface area contributed by atoms with Gasteiger partial charge >= 0.3 is 0 Å². The highest BCUT2D eigenvalue weighted by molar-refractivity contribution is 6.30. The summed E-state index contributed by atoms with van der Waals surface area (Å²) in [4.78, 5) is 4.36. The summed E-state index contributed by atoms with van der Waals surface area (Å²) in [5.74, 6) is 0.454. The zero-order chi connectivity index (χ0) is 12.7. The van der Waals surface area contributed by atoms with Crippen LogP contribution in [0.15, 0.2) is 40.8 Å². The fourth-order valence-electron chi connectivity index (χ4n) is 1.84. The lowest BCUT2D eigenvalue weighted by atomic mass is 10.2. The number of fused-ring (bicyclic) bond motifs is 1. The maximum absolute atomic E-state index is 9.84. The molecule has 0 saturated heterocycles. The van der Waals surface area contributed by atoms with Gasteiger partial charge in [-0.15, -0.1) is 0 Å². The summed E-state index contributed by atoms with van der Waals surface area (Å²) in [6.07, 6.45) is 0. The largest absolute Gasteiger partial charge is 0.507 e. The molecule has 0 aliphatic carbocycles. The number of phenolic OH excluding ortho intramolecular Hbond substituents is 1. The van der Waals surface area contributed by atoms with Gasteiger partial charge < -0.3 is 9.52 Å². The minimum absolute atomic E-state index is 0.0609. The summed E-state index contributed by atoms with van der Waals surface area (Å²) in [7, 11) is 0. The second-order valence-corrected chi connectivity index (χ2v) is 4.59. The van der Waals surface area contributed by atoms with Crippen LogP contribution in [-0.2, 0) is 0 Å². The first kappa shape index (κ1) is 11.1. The molecule has 0 unspecified atom stereocenters. The molecule has 3 nitrogen and oxygen atoms in total. The smallest absolute Gasteiger partial charge is 0.231 e. The molecule has 0 spiro atoms. The molecule has 1 aromatic heterocycles. The Bertz CT molecular complexity index is 734. The topological polar surface area (TPSA) is 46.3 Å². The maximum Gasteiger partial charge on any atom is 0.231 e. The molecule has 18 heavy (non-hydrogen) atoms. The van der Waals surface area contributed by atoms with Crippen molar-refractivity contribution in [3.8, 4) is 17.2 Å². The highest BCUT2D eigenvalue weighted by Gasteiger charge is 2.12. The van der Waals surface area contributed by atoms with Gasteiger partial charge in [0, 0.05) is 5.02 Å². The third-order valence-corrected chi connectivity index (χ3v) is 2.97. The average molecular weight is 260 g/mol. The van der Waals surface area contributed by atoms with Crippen LogP contribution < -0.4 is 0 Å². The van der Waals surface area contributed by atoms with Crippen molar-refractivity contribution in [2.75, 3.05) is 0 Å². The Balaban J connectivity index is 2.19. The molecule has 0 bridgehead atoms. The number of hydrogen-bond acceptors (Lipinski definition) is 3. The Morgan fingerprint density at radius 2 is 2.00 bits per heavy atom. The number of aromatic hydroxyl groups is 1. The van der Waals surface area contributed by atoms with E-state index in [0.29, 0.717) is 22.1 Å². The maximum atomic E-state index is 9.84. The van der Waals surface area contributed by atoms with Gasteiger partial charge in [-0.3, -0.25) is 0 Å². The minimum atomic E-state index is 0.0609. The summed E-state index contributed by atoms with van der Waals surface area (Å²) in [5.41, 5.74) is 3.13. The Hall–Kier alpha value is -2.00. The van der Waals surface area contributed by atoms with Gasteiger partial charge in [0.2, 0.25) is 5.89 Å². The molecule has 3 rings (SSSR count). The van der Waals surface area contributed by atoms with Crippen LogP contribution in [0.25, 0.3) is 22.6 Å². The molecule has 0 aliphatic heterocycles. The van der Waals surface area contributed by atoms with Crippen LogP contribution in [0.5, 0.6) is 5.75 Å². The third kappa shape index (κ3) is 1.83. The Labute approximate surface area is 109 Å². The summed E-state index contributed by atoms with van der Waals surface area (Å²) >= 11 is 5.79. The van der Waals surface area contributed by atoms with Crippen LogP contribution in [-0.4, -0.2) is 10.1 Å². The first-order valence-electron chi connectivity index (χ1n) is 5.49. The predicted molar refractivity (Wildman–Crippen MR) is 70.9 cm³/mol. The second kappa shape index (κ2) is 4.03. The van der Waals surface area contributed by atoms with Gasteiger partial charge in [0.05, 0.1) is 5.56 Å². The molecule has 0 saturated carbocycles. The van der Waals surface area contributed by atoms with Crippen LogP contribution in [0.3, 0.4) is 0 Å². The molecule has 0 aliphatic rings. The minimum Gasteiger partial charge on any atom is -0.507 e. The van der Waals surface area contributed by atoms with Crippen molar-refractivity contribution in [1.29, 1.82) is 0 Å². The zero-order valence-corrected chi connectivity index (χ0v) is 10.4. The number of benzene rings is 2. The fraction of sp³-hybridized carbons (Fsp3) is 0.0714. The number of aryl methyl sites for hydroxylation is 1. The molecule has 1 heterocycles. The fourth-order valence-corrected chi connectivity index (χ4v) is 2.00. The van der Waals surface area contributed by atoms with Crippen LogP contribution in [0.4, 0.5) is 0 Å². The Morgan fingerprint density at radius 1 is 1.17 bits per heavy atom. The predicted octanol–water partition coefficient (Wildman–Crippen LogP) is 4.16. The molecule has 0 radical (unpaired) electrons. The number of halogens is 1. The highest BCUT2D eigenvalue weighted by atomic mass is 35.5. The molecular formula is C14H10ClNO2. The van der Waals surface area contributed by atoms with Crippen LogP contribution in [0, 0.1) is 6.92 Å². The van der Waals surface area contributed by atoms with Crippen molar-refractivity contribution < 1.29 is 9.52 Å². The van der Waals surface area contributed by atoms with Gasteiger partial charge in [0.15, 0.2) is 5.58 Å². The standard InChI is InChI=1S/C14H10ClNO2/c1-8-2-5-13-11(6-8)16-14(18-13)10-4-3-9(15)7-12(10)17/h2-7,17H,1H3. The Kier molecular flexibility index (Phi) is 2.49. The Morgan fingerprint density at radius 3 is 2.78 bits per heavy atom. The van der Waals surface area contributed by atoms with E-state index in [-0.39, 0.29) is 5.75 Å². The van der Waals surface area contributed by atoms with Crippen LogP contribution in [0.2, 0.25) is 5.02 Å². The van der Waals surface area contributed by atoms with Gasteiger partial charge in [0.1, 0.15) is 11.3 Å². The van der Waals surface area contributed by atoms with Crippen LogP contribution >= 0.6 is 11.6 Å².